The Hall–Kier alpha value is -0.770. The SMILES string of the molecule is CN(C(=O)O)C1CCN(C(C)(C)C)C1. The first-order valence-corrected chi connectivity index (χ1v) is 5.03. The number of amides is 1. The van der Waals surface area contributed by atoms with Crippen molar-refractivity contribution in [3.63, 3.8) is 0 Å². The first kappa shape index (κ1) is 11.3. The van der Waals surface area contributed by atoms with E-state index in [1.807, 2.05) is 0 Å². The summed E-state index contributed by atoms with van der Waals surface area (Å²) in [5.41, 5.74) is 0.147. The van der Waals surface area contributed by atoms with E-state index in [9.17, 15) is 4.79 Å². The molecular formula is C10H20N2O2. The van der Waals surface area contributed by atoms with Gasteiger partial charge in [0.25, 0.3) is 0 Å². The Bertz CT molecular complexity index is 223. The molecule has 1 fully saturated rings. The van der Waals surface area contributed by atoms with Crippen molar-refractivity contribution in [3.8, 4) is 0 Å². The van der Waals surface area contributed by atoms with Crippen LogP contribution >= 0.6 is 0 Å². The van der Waals surface area contributed by atoms with Gasteiger partial charge in [-0.15, -0.1) is 0 Å². The highest BCUT2D eigenvalue weighted by atomic mass is 16.4. The Morgan fingerprint density at radius 1 is 1.50 bits per heavy atom. The Kier molecular flexibility index (Phi) is 3.04. The molecule has 1 atom stereocenters. The van der Waals surface area contributed by atoms with E-state index < -0.39 is 6.09 Å². The van der Waals surface area contributed by atoms with E-state index in [2.05, 4.69) is 25.7 Å². The molecule has 1 rings (SSSR count). The average molecular weight is 200 g/mol. The van der Waals surface area contributed by atoms with Gasteiger partial charge in [-0.2, -0.15) is 0 Å². The zero-order valence-electron chi connectivity index (χ0n) is 9.45. The summed E-state index contributed by atoms with van der Waals surface area (Å²) in [6.07, 6.45) is 0.117. The van der Waals surface area contributed by atoms with Crippen LogP contribution in [0, 0.1) is 0 Å². The zero-order chi connectivity index (χ0) is 10.9. The molecule has 1 amide bonds. The summed E-state index contributed by atoms with van der Waals surface area (Å²) in [7, 11) is 1.65. The van der Waals surface area contributed by atoms with Gasteiger partial charge in [-0.1, -0.05) is 0 Å². The number of carboxylic acid groups (broad SMARTS) is 1. The highest BCUT2D eigenvalue weighted by Crippen LogP contribution is 2.22. The Labute approximate surface area is 85.5 Å². The van der Waals surface area contributed by atoms with Gasteiger partial charge in [-0.25, -0.2) is 4.79 Å². The van der Waals surface area contributed by atoms with Crippen molar-refractivity contribution in [2.24, 2.45) is 0 Å². The Morgan fingerprint density at radius 3 is 2.43 bits per heavy atom. The fraction of sp³-hybridized carbons (Fsp3) is 0.900. The van der Waals surface area contributed by atoms with Crippen LogP contribution in [0.5, 0.6) is 0 Å². The third-order valence-electron chi connectivity index (χ3n) is 2.96. The van der Waals surface area contributed by atoms with Crippen LogP contribution < -0.4 is 0 Å². The standard InChI is InChI=1S/C10H20N2O2/c1-10(2,3)12-6-5-8(7-12)11(4)9(13)14/h8H,5-7H2,1-4H3,(H,13,14). The highest BCUT2D eigenvalue weighted by Gasteiger charge is 2.33. The second-order valence-corrected chi connectivity index (χ2v) is 4.95. The summed E-state index contributed by atoms with van der Waals surface area (Å²) in [4.78, 5) is 14.5. The van der Waals surface area contributed by atoms with Gasteiger partial charge in [-0.05, 0) is 27.2 Å². The number of carbonyl (C=O) groups is 1. The van der Waals surface area contributed by atoms with Crippen molar-refractivity contribution < 1.29 is 9.90 Å². The lowest BCUT2D eigenvalue weighted by molar-refractivity contribution is 0.127. The second kappa shape index (κ2) is 3.77. The van der Waals surface area contributed by atoms with E-state index in [4.69, 9.17) is 5.11 Å². The van der Waals surface area contributed by atoms with Gasteiger partial charge in [0.15, 0.2) is 0 Å². The lowest BCUT2D eigenvalue weighted by atomic mass is 10.1. The molecule has 0 spiro atoms. The molecule has 14 heavy (non-hydrogen) atoms. The lowest BCUT2D eigenvalue weighted by Gasteiger charge is -2.32. The number of nitrogens with zero attached hydrogens (tertiary/aromatic N) is 2. The van der Waals surface area contributed by atoms with E-state index in [1.165, 1.54) is 4.90 Å². The molecule has 1 saturated heterocycles. The molecule has 0 saturated carbocycles. The molecule has 1 unspecified atom stereocenters. The number of likely N-dealkylation sites (tertiary alicyclic amines) is 1. The van der Waals surface area contributed by atoms with E-state index in [-0.39, 0.29) is 11.6 Å². The fourth-order valence-corrected chi connectivity index (χ4v) is 1.82. The molecule has 1 aliphatic rings. The average Bonchev–Trinajstić information content (AvgIpc) is 2.49. The predicted octanol–water partition coefficient (Wildman–Crippen LogP) is 1.47. The molecule has 0 aromatic heterocycles. The smallest absolute Gasteiger partial charge is 0.407 e. The largest absolute Gasteiger partial charge is 0.465 e. The van der Waals surface area contributed by atoms with Crippen LogP contribution in [0.15, 0.2) is 0 Å². The van der Waals surface area contributed by atoms with Gasteiger partial charge < -0.3 is 10.0 Å². The molecule has 4 nitrogen and oxygen atoms in total. The summed E-state index contributed by atoms with van der Waals surface area (Å²) in [6, 6.07) is 0.159. The highest BCUT2D eigenvalue weighted by molar-refractivity contribution is 5.65. The minimum absolute atomic E-state index is 0.147. The molecule has 0 radical (unpaired) electrons. The number of hydrogen-bond donors (Lipinski definition) is 1. The molecule has 0 bridgehead atoms. The molecular weight excluding hydrogens is 180 g/mol. The predicted molar refractivity (Wildman–Crippen MR) is 55.5 cm³/mol. The van der Waals surface area contributed by atoms with Gasteiger partial charge in [0.2, 0.25) is 0 Å². The molecule has 0 aliphatic carbocycles. The minimum Gasteiger partial charge on any atom is -0.465 e. The molecule has 0 aromatic carbocycles. The lowest BCUT2D eigenvalue weighted by Crippen LogP contribution is -2.43. The second-order valence-electron chi connectivity index (χ2n) is 4.95. The number of likely N-dealkylation sites (N-methyl/N-ethyl adjacent to an activating group) is 1. The van der Waals surface area contributed by atoms with Gasteiger partial charge in [0, 0.05) is 31.7 Å². The van der Waals surface area contributed by atoms with E-state index in [1.54, 1.807) is 7.05 Å². The van der Waals surface area contributed by atoms with Crippen molar-refractivity contribution >= 4 is 6.09 Å². The van der Waals surface area contributed by atoms with Crippen LogP contribution in [0.4, 0.5) is 4.79 Å². The third kappa shape index (κ3) is 2.38. The molecule has 1 heterocycles. The molecule has 1 aliphatic heterocycles. The van der Waals surface area contributed by atoms with Crippen molar-refractivity contribution in [1.29, 1.82) is 0 Å². The Morgan fingerprint density at radius 2 is 2.07 bits per heavy atom. The van der Waals surface area contributed by atoms with Crippen molar-refractivity contribution in [3.05, 3.63) is 0 Å². The quantitative estimate of drug-likeness (QED) is 0.697. The topological polar surface area (TPSA) is 43.8 Å². The third-order valence-corrected chi connectivity index (χ3v) is 2.96. The van der Waals surface area contributed by atoms with Crippen LogP contribution in [0.3, 0.4) is 0 Å². The molecule has 0 aromatic rings. The van der Waals surface area contributed by atoms with Crippen molar-refractivity contribution in [1.82, 2.24) is 9.80 Å². The fourth-order valence-electron chi connectivity index (χ4n) is 1.82. The molecule has 4 heteroatoms. The molecule has 1 N–H and O–H groups in total. The van der Waals surface area contributed by atoms with E-state index in [0.29, 0.717) is 0 Å². The van der Waals surface area contributed by atoms with Crippen molar-refractivity contribution in [2.45, 2.75) is 38.8 Å². The van der Waals surface area contributed by atoms with E-state index in [0.717, 1.165) is 19.5 Å². The van der Waals surface area contributed by atoms with Gasteiger partial charge in [0.05, 0.1) is 0 Å². The monoisotopic (exact) mass is 200 g/mol. The number of rotatable bonds is 1. The molecule has 82 valence electrons. The van der Waals surface area contributed by atoms with Gasteiger partial charge in [-0.3, -0.25) is 4.90 Å². The van der Waals surface area contributed by atoms with Crippen molar-refractivity contribution in [2.75, 3.05) is 20.1 Å². The zero-order valence-corrected chi connectivity index (χ0v) is 9.45. The van der Waals surface area contributed by atoms with Crippen LogP contribution in [0.1, 0.15) is 27.2 Å². The maximum Gasteiger partial charge on any atom is 0.407 e. The van der Waals surface area contributed by atoms with Gasteiger partial charge in [0.1, 0.15) is 0 Å². The first-order chi connectivity index (χ1) is 6.32. The summed E-state index contributed by atoms with van der Waals surface area (Å²) in [5, 5.41) is 8.84. The maximum absolute atomic E-state index is 10.8. The van der Waals surface area contributed by atoms with Crippen LogP contribution in [-0.2, 0) is 0 Å². The maximum atomic E-state index is 10.8. The minimum atomic E-state index is -0.828. The summed E-state index contributed by atoms with van der Waals surface area (Å²) in [5.74, 6) is 0. The van der Waals surface area contributed by atoms with Crippen LogP contribution in [0.2, 0.25) is 0 Å². The van der Waals surface area contributed by atoms with Gasteiger partial charge >= 0.3 is 6.09 Å². The van der Waals surface area contributed by atoms with Crippen LogP contribution in [-0.4, -0.2) is 52.7 Å². The summed E-state index contributed by atoms with van der Waals surface area (Å²) in [6.45, 7) is 8.33. The normalized spacial score (nSPS) is 23.9. The summed E-state index contributed by atoms with van der Waals surface area (Å²) >= 11 is 0. The van der Waals surface area contributed by atoms with E-state index >= 15 is 0 Å². The first-order valence-electron chi connectivity index (χ1n) is 5.03. The number of hydrogen-bond acceptors (Lipinski definition) is 2. The van der Waals surface area contributed by atoms with Crippen LogP contribution in [0.25, 0.3) is 0 Å². The summed E-state index contributed by atoms with van der Waals surface area (Å²) < 4.78 is 0. The Balaban J connectivity index is 2.53.